The van der Waals surface area contributed by atoms with Gasteiger partial charge in [0.25, 0.3) is 0 Å². The van der Waals surface area contributed by atoms with E-state index in [0.717, 1.165) is 18.5 Å². The van der Waals surface area contributed by atoms with Crippen molar-refractivity contribution in [2.45, 2.75) is 30.3 Å². The molecule has 1 aromatic heterocycles. The molecule has 7 heteroatoms. The van der Waals surface area contributed by atoms with Crippen molar-refractivity contribution in [2.24, 2.45) is 7.05 Å². The van der Waals surface area contributed by atoms with Crippen LogP contribution in [0.1, 0.15) is 18.5 Å². The fraction of sp³-hybridized carbons (Fsp3) is 0.357. The largest absolute Gasteiger partial charge is 0.378 e. The first kappa shape index (κ1) is 14.1. The van der Waals surface area contributed by atoms with E-state index in [1.165, 1.54) is 0 Å². The van der Waals surface area contributed by atoms with E-state index in [1.807, 2.05) is 19.2 Å². The number of aromatic nitrogens is 2. The molecule has 3 rings (SSSR count). The van der Waals surface area contributed by atoms with Gasteiger partial charge in [0.1, 0.15) is 4.90 Å². The van der Waals surface area contributed by atoms with Gasteiger partial charge in [-0.05, 0) is 31.0 Å². The highest BCUT2D eigenvalue weighted by Crippen LogP contribution is 2.26. The van der Waals surface area contributed by atoms with Crippen LogP contribution in [-0.2, 0) is 23.6 Å². The van der Waals surface area contributed by atoms with Gasteiger partial charge in [-0.15, -0.1) is 0 Å². The second kappa shape index (κ2) is 5.50. The molecule has 0 radical (unpaired) electrons. The molecular weight excluding hydrogens is 288 g/mol. The number of nitrogens with zero attached hydrogens (tertiary/aromatic N) is 2. The molecule has 112 valence electrons. The van der Waals surface area contributed by atoms with Crippen molar-refractivity contribution in [1.29, 1.82) is 0 Å². The van der Waals surface area contributed by atoms with E-state index in [1.54, 1.807) is 29.1 Å². The molecule has 1 aliphatic rings. The first-order valence-electron chi connectivity index (χ1n) is 6.88. The maximum atomic E-state index is 12.4. The van der Waals surface area contributed by atoms with Gasteiger partial charge in [0.2, 0.25) is 10.0 Å². The summed E-state index contributed by atoms with van der Waals surface area (Å²) in [5.74, 6) is 0. The van der Waals surface area contributed by atoms with Gasteiger partial charge >= 0.3 is 0 Å². The maximum Gasteiger partial charge on any atom is 0.242 e. The van der Waals surface area contributed by atoms with Gasteiger partial charge in [-0.1, -0.05) is 12.1 Å². The molecule has 0 saturated heterocycles. The molecule has 21 heavy (non-hydrogen) atoms. The molecule has 2 aromatic rings. The lowest BCUT2D eigenvalue weighted by Crippen LogP contribution is -2.26. The number of aryl methyl sites for hydroxylation is 1. The van der Waals surface area contributed by atoms with Crippen molar-refractivity contribution >= 4 is 15.7 Å². The SMILES string of the molecule is Cn1nccc1CNc1ccccc1S(=O)(=O)NC1CC1. The van der Waals surface area contributed by atoms with E-state index < -0.39 is 10.0 Å². The number of nitrogens with one attached hydrogen (secondary N) is 2. The highest BCUT2D eigenvalue weighted by molar-refractivity contribution is 7.89. The minimum absolute atomic E-state index is 0.0973. The first-order chi connectivity index (χ1) is 10.1. The van der Waals surface area contributed by atoms with Crippen LogP contribution in [0.5, 0.6) is 0 Å². The van der Waals surface area contributed by atoms with Crippen molar-refractivity contribution < 1.29 is 8.42 Å². The smallest absolute Gasteiger partial charge is 0.242 e. The molecule has 1 fully saturated rings. The monoisotopic (exact) mass is 306 g/mol. The van der Waals surface area contributed by atoms with Gasteiger partial charge < -0.3 is 5.32 Å². The van der Waals surface area contributed by atoms with Crippen LogP contribution in [0.3, 0.4) is 0 Å². The van der Waals surface area contributed by atoms with E-state index in [4.69, 9.17) is 0 Å². The normalized spacial score (nSPS) is 15.1. The number of hydrogen-bond donors (Lipinski definition) is 2. The molecule has 0 spiro atoms. The van der Waals surface area contributed by atoms with Gasteiger partial charge in [0.05, 0.1) is 17.9 Å². The van der Waals surface area contributed by atoms with Crippen LogP contribution < -0.4 is 10.0 Å². The molecule has 0 amide bonds. The fourth-order valence-electron chi connectivity index (χ4n) is 2.09. The molecular formula is C14H18N4O2S. The van der Waals surface area contributed by atoms with Crippen molar-refractivity contribution in [1.82, 2.24) is 14.5 Å². The Bertz CT molecular complexity index is 735. The Balaban J connectivity index is 1.80. The molecule has 0 bridgehead atoms. The average Bonchev–Trinajstić information content (AvgIpc) is 3.16. The van der Waals surface area contributed by atoms with E-state index in [0.29, 0.717) is 17.1 Å². The summed E-state index contributed by atoms with van der Waals surface area (Å²) in [6, 6.07) is 8.94. The summed E-state index contributed by atoms with van der Waals surface area (Å²) in [4.78, 5) is 0.291. The Morgan fingerprint density at radius 3 is 2.71 bits per heavy atom. The van der Waals surface area contributed by atoms with Crippen LogP contribution in [0.15, 0.2) is 41.4 Å². The van der Waals surface area contributed by atoms with Crippen molar-refractivity contribution in [3.63, 3.8) is 0 Å². The van der Waals surface area contributed by atoms with Gasteiger partial charge in [-0.2, -0.15) is 5.10 Å². The lowest BCUT2D eigenvalue weighted by atomic mass is 10.3. The van der Waals surface area contributed by atoms with E-state index in [9.17, 15) is 8.42 Å². The number of benzene rings is 1. The van der Waals surface area contributed by atoms with Crippen molar-refractivity contribution in [2.75, 3.05) is 5.32 Å². The summed E-state index contributed by atoms with van der Waals surface area (Å²) in [5.41, 5.74) is 1.59. The Morgan fingerprint density at radius 2 is 2.05 bits per heavy atom. The highest BCUT2D eigenvalue weighted by atomic mass is 32.2. The summed E-state index contributed by atoms with van der Waals surface area (Å²) in [7, 11) is -1.61. The van der Waals surface area contributed by atoms with Crippen LogP contribution in [0.25, 0.3) is 0 Å². The number of sulfonamides is 1. The molecule has 1 aliphatic carbocycles. The zero-order valence-corrected chi connectivity index (χ0v) is 12.6. The first-order valence-corrected chi connectivity index (χ1v) is 8.37. The van der Waals surface area contributed by atoms with Gasteiger partial charge in [-0.25, -0.2) is 13.1 Å². The average molecular weight is 306 g/mol. The Labute approximate surface area is 124 Å². The molecule has 2 N–H and O–H groups in total. The third-order valence-electron chi connectivity index (χ3n) is 3.46. The number of hydrogen-bond acceptors (Lipinski definition) is 4. The molecule has 1 heterocycles. The fourth-order valence-corrected chi connectivity index (χ4v) is 3.58. The van der Waals surface area contributed by atoms with Crippen LogP contribution in [0.4, 0.5) is 5.69 Å². The quantitative estimate of drug-likeness (QED) is 0.847. The lowest BCUT2D eigenvalue weighted by Gasteiger charge is -2.13. The number of rotatable bonds is 6. The van der Waals surface area contributed by atoms with Gasteiger partial charge in [0.15, 0.2) is 0 Å². The van der Waals surface area contributed by atoms with Crippen LogP contribution in [-0.4, -0.2) is 24.2 Å². The van der Waals surface area contributed by atoms with Gasteiger partial charge in [0, 0.05) is 19.3 Å². The van der Waals surface area contributed by atoms with E-state index in [2.05, 4.69) is 15.1 Å². The summed E-state index contributed by atoms with van der Waals surface area (Å²) >= 11 is 0. The van der Waals surface area contributed by atoms with Crippen molar-refractivity contribution in [3.05, 3.63) is 42.2 Å². The molecule has 0 unspecified atom stereocenters. The molecule has 1 saturated carbocycles. The van der Waals surface area contributed by atoms with Crippen LogP contribution in [0, 0.1) is 0 Å². The predicted molar refractivity (Wildman–Crippen MR) is 80.3 cm³/mol. The maximum absolute atomic E-state index is 12.4. The van der Waals surface area contributed by atoms with Crippen LogP contribution >= 0.6 is 0 Å². The topological polar surface area (TPSA) is 76.0 Å². The van der Waals surface area contributed by atoms with E-state index >= 15 is 0 Å². The summed E-state index contributed by atoms with van der Waals surface area (Å²) in [6.07, 6.45) is 3.56. The minimum atomic E-state index is -3.46. The third-order valence-corrected chi connectivity index (χ3v) is 5.04. The Morgan fingerprint density at radius 1 is 1.29 bits per heavy atom. The lowest BCUT2D eigenvalue weighted by molar-refractivity contribution is 0.581. The zero-order chi connectivity index (χ0) is 14.9. The summed E-state index contributed by atoms with van der Waals surface area (Å²) < 4.78 is 29.2. The standard InChI is InChI=1S/C14H18N4O2S/c1-18-12(8-9-16-18)10-15-13-4-2-3-5-14(13)21(19,20)17-11-6-7-11/h2-5,8-9,11,15,17H,6-7,10H2,1H3. The predicted octanol–water partition coefficient (Wildman–Crippen LogP) is 1.47. The molecule has 6 nitrogen and oxygen atoms in total. The van der Waals surface area contributed by atoms with Crippen LogP contribution in [0.2, 0.25) is 0 Å². The number of anilines is 1. The number of para-hydroxylation sites is 1. The van der Waals surface area contributed by atoms with E-state index in [-0.39, 0.29) is 6.04 Å². The summed E-state index contributed by atoms with van der Waals surface area (Å²) in [5, 5.41) is 7.27. The molecule has 0 atom stereocenters. The highest BCUT2D eigenvalue weighted by Gasteiger charge is 2.29. The van der Waals surface area contributed by atoms with Gasteiger partial charge in [-0.3, -0.25) is 4.68 Å². The zero-order valence-electron chi connectivity index (χ0n) is 11.8. The molecule has 1 aromatic carbocycles. The minimum Gasteiger partial charge on any atom is -0.378 e. The Kier molecular flexibility index (Phi) is 3.69. The third kappa shape index (κ3) is 3.25. The Hall–Kier alpha value is -1.86. The summed E-state index contributed by atoms with van der Waals surface area (Å²) in [6.45, 7) is 0.520. The molecule has 0 aliphatic heterocycles. The van der Waals surface area contributed by atoms with Crippen molar-refractivity contribution in [3.8, 4) is 0 Å². The second-order valence-corrected chi connectivity index (χ2v) is 6.87. The second-order valence-electron chi connectivity index (χ2n) is 5.19.